The van der Waals surface area contributed by atoms with E-state index in [0.29, 0.717) is 5.69 Å². The van der Waals surface area contributed by atoms with Gasteiger partial charge in [0.2, 0.25) is 17.7 Å². The van der Waals surface area contributed by atoms with Crippen LogP contribution in [-0.2, 0) is 14.4 Å². The molecule has 1 N–H and O–H groups in total. The van der Waals surface area contributed by atoms with Crippen molar-refractivity contribution >= 4 is 56.7 Å². The van der Waals surface area contributed by atoms with Gasteiger partial charge in [-0.1, -0.05) is 84.6 Å². The van der Waals surface area contributed by atoms with Crippen molar-refractivity contribution in [1.82, 2.24) is 10.3 Å². The first-order valence-corrected chi connectivity index (χ1v) is 14.9. The van der Waals surface area contributed by atoms with Crippen LogP contribution in [0.4, 0.5) is 5.69 Å². The molecule has 3 amide bonds. The molecule has 0 unspecified atom stereocenters. The number of imide groups is 1. The third kappa shape index (κ3) is 4.28. The van der Waals surface area contributed by atoms with Gasteiger partial charge in [-0.15, -0.1) is 11.3 Å². The first-order chi connectivity index (χ1) is 19.1. The van der Waals surface area contributed by atoms with Gasteiger partial charge in [-0.3, -0.25) is 14.4 Å². The van der Waals surface area contributed by atoms with Crippen LogP contribution in [-0.4, -0.2) is 28.5 Å². The van der Waals surface area contributed by atoms with Crippen LogP contribution < -0.4 is 10.2 Å². The van der Waals surface area contributed by atoms with Gasteiger partial charge in [-0.25, -0.2) is 9.88 Å². The lowest BCUT2D eigenvalue weighted by molar-refractivity contribution is -0.123. The minimum Gasteiger partial charge on any atom is -0.344 e. The van der Waals surface area contributed by atoms with Crippen LogP contribution in [0.15, 0.2) is 95.4 Å². The fraction of sp³-hybridized carbons (Fsp3) is 0.226. The van der Waals surface area contributed by atoms with Crippen LogP contribution in [0.5, 0.6) is 0 Å². The zero-order valence-electron chi connectivity index (χ0n) is 20.9. The van der Waals surface area contributed by atoms with Crippen LogP contribution in [0.25, 0.3) is 10.2 Å². The van der Waals surface area contributed by atoms with Gasteiger partial charge in [0.15, 0.2) is 4.34 Å². The first-order valence-electron chi connectivity index (χ1n) is 13.1. The molecule has 2 fully saturated rings. The van der Waals surface area contributed by atoms with E-state index in [-0.39, 0.29) is 53.2 Å². The Kier molecular flexibility index (Phi) is 6.09. The van der Waals surface area contributed by atoms with Gasteiger partial charge in [0, 0.05) is 0 Å². The molecule has 7 rings (SSSR count). The third-order valence-corrected chi connectivity index (χ3v) is 10.1. The second-order valence-electron chi connectivity index (χ2n) is 10.3. The number of thiazole rings is 1. The summed E-state index contributed by atoms with van der Waals surface area (Å²) < 4.78 is 1.66. The zero-order valence-corrected chi connectivity index (χ0v) is 22.5. The molecule has 2 bridgehead atoms. The average Bonchev–Trinajstić information content (AvgIpc) is 3.74. The van der Waals surface area contributed by atoms with Gasteiger partial charge in [0.1, 0.15) is 0 Å². The number of benzene rings is 3. The normalized spacial score (nSPS) is 23.3. The number of fused-ring (bicyclic) bond motifs is 6. The van der Waals surface area contributed by atoms with Gasteiger partial charge in [-0.2, -0.15) is 0 Å². The number of nitrogens with one attached hydrogen (secondary N) is 1. The Balaban J connectivity index is 1.05. The summed E-state index contributed by atoms with van der Waals surface area (Å²) >= 11 is 2.86. The second-order valence-corrected chi connectivity index (χ2v) is 12.5. The Hall–Kier alpha value is -3.75. The number of nitrogens with zero attached hydrogens (tertiary/aromatic N) is 2. The molecule has 3 aliphatic rings. The number of rotatable bonds is 7. The quantitative estimate of drug-likeness (QED) is 0.184. The topological polar surface area (TPSA) is 79.4 Å². The van der Waals surface area contributed by atoms with E-state index in [9.17, 15) is 14.4 Å². The number of hydrogen-bond acceptors (Lipinski definition) is 6. The monoisotopic (exact) mass is 551 g/mol. The molecule has 6 nitrogen and oxygen atoms in total. The molecule has 8 heteroatoms. The molecule has 0 radical (unpaired) electrons. The van der Waals surface area contributed by atoms with Gasteiger partial charge in [0.25, 0.3) is 0 Å². The maximum atomic E-state index is 13.2. The van der Waals surface area contributed by atoms with Gasteiger partial charge in [-0.05, 0) is 47.6 Å². The van der Waals surface area contributed by atoms with Crippen LogP contribution >= 0.6 is 23.1 Å². The molecule has 194 valence electrons. The molecule has 1 saturated heterocycles. The summed E-state index contributed by atoms with van der Waals surface area (Å²) in [4.78, 5) is 45.5. The molecule has 1 aliphatic heterocycles. The highest BCUT2D eigenvalue weighted by Crippen LogP contribution is 2.53. The van der Waals surface area contributed by atoms with Crippen molar-refractivity contribution in [2.24, 2.45) is 23.7 Å². The molecular weight excluding hydrogens is 526 g/mol. The summed E-state index contributed by atoms with van der Waals surface area (Å²) in [6.07, 6.45) is 5.13. The number of thioether (sulfide) groups is 1. The van der Waals surface area contributed by atoms with Crippen molar-refractivity contribution < 1.29 is 14.4 Å². The first kappa shape index (κ1) is 24.3. The fourth-order valence-corrected chi connectivity index (χ4v) is 8.14. The second kappa shape index (κ2) is 9.77. The van der Waals surface area contributed by atoms with E-state index in [1.807, 2.05) is 72.8 Å². The molecule has 39 heavy (non-hydrogen) atoms. The highest BCUT2D eigenvalue weighted by molar-refractivity contribution is 8.01. The van der Waals surface area contributed by atoms with Crippen molar-refractivity contribution in [3.05, 3.63) is 102 Å². The molecule has 2 aliphatic carbocycles. The molecule has 3 aromatic carbocycles. The molecule has 1 saturated carbocycles. The number of aromatic nitrogens is 1. The number of amides is 3. The van der Waals surface area contributed by atoms with Gasteiger partial charge >= 0.3 is 0 Å². The Labute approximate surface area is 234 Å². The van der Waals surface area contributed by atoms with Gasteiger partial charge in [0.05, 0.1) is 39.5 Å². The van der Waals surface area contributed by atoms with Crippen LogP contribution in [0.2, 0.25) is 0 Å². The van der Waals surface area contributed by atoms with E-state index in [4.69, 9.17) is 0 Å². The van der Waals surface area contributed by atoms with Crippen molar-refractivity contribution in [2.75, 3.05) is 10.7 Å². The van der Waals surface area contributed by atoms with Crippen molar-refractivity contribution in [3.63, 3.8) is 0 Å². The van der Waals surface area contributed by atoms with E-state index >= 15 is 0 Å². The molecule has 1 aromatic heterocycles. The van der Waals surface area contributed by atoms with Crippen molar-refractivity contribution in [3.8, 4) is 0 Å². The number of allylic oxidation sites excluding steroid dienone is 2. The maximum Gasteiger partial charge on any atom is 0.238 e. The highest BCUT2D eigenvalue weighted by atomic mass is 32.2. The summed E-state index contributed by atoms with van der Waals surface area (Å²) in [7, 11) is 0. The summed E-state index contributed by atoms with van der Waals surface area (Å²) in [6.45, 7) is 0. The predicted molar refractivity (Wildman–Crippen MR) is 153 cm³/mol. The minimum atomic E-state index is -0.237. The number of carbonyl (C=O) groups excluding carboxylic acids is 3. The summed E-state index contributed by atoms with van der Waals surface area (Å²) in [5, 5.41) is 3.17. The van der Waals surface area contributed by atoms with Crippen LogP contribution in [0, 0.1) is 23.7 Å². The van der Waals surface area contributed by atoms with E-state index < -0.39 is 0 Å². The SMILES string of the molecule is O=C(CSc1nc2ccc(N3C(=O)[C@H]4[C@H](C3=O)[C@H]3C=C[C@H]4C3)cc2s1)NC(c1ccccc1)c1ccccc1. The molecule has 4 atom stereocenters. The average molecular weight is 552 g/mol. The Bertz CT molecular complexity index is 1550. The maximum absolute atomic E-state index is 13.2. The van der Waals surface area contributed by atoms with Crippen LogP contribution in [0.1, 0.15) is 23.6 Å². The number of hydrogen-bond donors (Lipinski definition) is 1. The lowest BCUT2D eigenvalue weighted by Gasteiger charge is -2.19. The number of carbonyl (C=O) groups is 3. The van der Waals surface area contributed by atoms with E-state index in [1.54, 1.807) is 6.07 Å². The Morgan fingerprint density at radius 1 is 0.923 bits per heavy atom. The van der Waals surface area contributed by atoms with Gasteiger partial charge < -0.3 is 5.32 Å². The highest BCUT2D eigenvalue weighted by Gasteiger charge is 2.59. The van der Waals surface area contributed by atoms with E-state index in [2.05, 4.69) is 22.5 Å². The Morgan fingerprint density at radius 3 is 2.15 bits per heavy atom. The summed E-state index contributed by atoms with van der Waals surface area (Å²) in [5.74, 6) is -0.0788. The molecular formula is C31H25N3O3S2. The largest absolute Gasteiger partial charge is 0.344 e. The summed E-state index contributed by atoms with van der Waals surface area (Å²) in [5.41, 5.74) is 3.44. The Morgan fingerprint density at radius 2 is 1.54 bits per heavy atom. The molecule has 2 heterocycles. The van der Waals surface area contributed by atoms with E-state index in [1.165, 1.54) is 28.0 Å². The van der Waals surface area contributed by atoms with E-state index in [0.717, 1.165) is 32.1 Å². The third-order valence-electron chi connectivity index (χ3n) is 7.98. The standard InChI is InChI=1S/C31H25N3O3S2/c35-25(33-28(18-7-3-1-4-8-18)19-9-5-2-6-10-19)17-38-31-32-23-14-13-22(16-24(23)39-31)34-29(36)26-20-11-12-21(15-20)27(26)30(34)37/h1-14,16,20-21,26-28H,15,17H2,(H,33,35)/t20-,21-,26+,27+/m0/s1. The lowest BCUT2D eigenvalue weighted by atomic mass is 9.85. The molecule has 4 aromatic rings. The van der Waals surface area contributed by atoms with Crippen molar-refractivity contribution in [2.45, 2.75) is 16.8 Å². The smallest absolute Gasteiger partial charge is 0.238 e. The predicted octanol–water partition coefficient (Wildman–Crippen LogP) is 5.61. The number of anilines is 1. The lowest BCUT2D eigenvalue weighted by Crippen LogP contribution is -2.32. The summed E-state index contributed by atoms with van der Waals surface area (Å²) in [6, 6.07) is 25.2. The fourth-order valence-electron chi connectivity index (χ4n) is 6.23. The molecule has 0 spiro atoms. The zero-order chi connectivity index (χ0) is 26.5. The minimum absolute atomic E-state index is 0.0802. The van der Waals surface area contributed by atoms with Crippen LogP contribution in [0.3, 0.4) is 0 Å². The van der Waals surface area contributed by atoms with Crippen molar-refractivity contribution in [1.29, 1.82) is 0 Å².